The molecule has 13 heavy (non-hydrogen) atoms. The predicted molar refractivity (Wildman–Crippen MR) is 54.0 cm³/mol. The largest absolute Gasteiger partial charge is 0.493 e. The fraction of sp³-hybridized carbons (Fsp3) is 0.417. The molecule has 1 aromatic rings. The van der Waals surface area contributed by atoms with Crippen LogP contribution in [0.25, 0.3) is 0 Å². The number of benzene rings is 1. The van der Waals surface area contributed by atoms with Gasteiger partial charge in [0.25, 0.3) is 0 Å². The Morgan fingerprint density at radius 1 is 1.38 bits per heavy atom. The van der Waals surface area contributed by atoms with Crippen molar-refractivity contribution in [1.82, 2.24) is 0 Å². The zero-order valence-electron chi connectivity index (χ0n) is 8.05. The van der Waals surface area contributed by atoms with Gasteiger partial charge in [-0.25, -0.2) is 0 Å². The first kappa shape index (κ1) is 8.61. The van der Waals surface area contributed by atoms with Gasteiger partial charge in [0.15, 0.2) is 0 Å². The van der Waals surface area contributed by atoms with Crippen LogP contribution in [0.3, 0.4) is 0 Å². The molecular weight excluding hydrogens is 160 g/mol. The van der Waals surface area contributed by atoms with E-state index in [1.54, 1.807) is 0 Å². The highest BCUT2D eigenvalue weighted by atomic mass is 16.5. The van der Waals surface area contributed by atoms with Gasteiger partial charge in [0.05, 0.1) is 6.61 Å². The molecule has 1 heteroatoms. The molecule has 0 fully saturated rings. The number of fused-ring (bicyclic) bond motifs is 1. The maximum Gasteiger partial charge on any atom is 0.122 e. The van der Waals surface area contributed by atoms with E-state index in [1.807, 2.05) is 0 Å². The summed E-state index contributed by atoms with van der Waals surface area (Å²) in [5.74, 6) is 1.09. The normalized spacial score (nSPS) is 14.2. The molecule has 1 aromatic carbocycles. The van der Waals surface area contributed by atoms with Gasteiger partial charge < -0.3 is 4.74 Å². The SMILES string of the molecule is CCCOc1cccc2c1CC[CH]2. The maximum absolute atomic E-state index is 5.68. The molecule has 0 atom stereocenters. The van der Waals surface area contributed by atoms with Crippen molar-refractivity contribution in [3.05, 3.63) is 35.7 Å². The summed E-state index contributed by atoms with van der Waals surface area (Å²) in [6, 6.07) is 6.32. The van der Waals surface area contributed by atoms with Crippen LogP contribution in [0.4, 0.5) is 0 Å². The van der Waals surface area contributed by atoms with E-state index in [9.17, 15) is 0 Å². The van der Waals surface area contributed by atoms with Gasteiger partial charge in [0.1, 0.15) is 5.75 Å². The van der Waals surface area contributed by atoms with Crippen molar-refractivity contribution in [3.8, 4) is 5.75 Å². The quantitative estimate of drug-likeness (QED) is 0.686. The molecule has 0 aliphatic heterocycles. The Kier molecular flexibility index (Phi) is 2.53. The standard InChI is InChI=1S/C12H15O/c1-2-9-13-12-8-4-6-10-5-3-7-11(10)12/h4-6,8H,2-3,7,9H2,1H3. The van der Waals surface area contributed by atoms with Crippen molar-refractivity contribution in [2.75, 3.05) is 6.61 Å². The summed E-state index contributed by atoms with van der Waals surface area (Å²) < 4.78 is 5.68. The molecule has 0 saturated carbocycles. The lowest BCUT2D eigenvalue weighted by molar-refractivity contribution is 0.314. The summed E-state index contributed by atoms with van der Waals surface area (Å²) in [4.78, 5) is 0. The smallest absolute Gasteiger partial charge is 0.122 e. The first-order valence-corrected chi connectivity index (χ1v) is 4.99. The van der Waals surface area contributed by atoms with Crippen LogP contribution < -0.4 is 4.74 Å². The van der Waals surface area contributed by atoms with Crippen LogP contribution in [-0.2, 0) is 6.42 Å². The molecule has 2 rings (SSSR count). The number of rotatable bonds is 3. The lowest BCUT2D eigenvalue weighted by Crippen LogP contribution is -1.98. The lowest BCUT2D eigenvalue weighted by Gasteiger charge is -2.09. The molecule has 0 N–H and O–H groups in total. The van der Waals surface area contributed by atoms with Crippen molar-refractivity contribution >= 4 is 0 Å². The van der Waals surface area contributed by atoms with E-state index in [4.69, 9.17) is 4.74 Å². The van der Waals surface area contributed by atoms with E-state index in [1.165, 1.54) is 17.5 Å². The van der Waals surface area contributed by atoms with Crippen LogP contribution in [0, 0.1) is 6.42 Å². The minimum Gasteiger partial charge on any atom is -0.493 e. The summed E-state index contributed by atoms with van der Waals surface area (Å²) in [5.41, 5.74) is 2.77. The third kappa shape index (κ3) is 1.69. The van der Waals surface area contributed by atoms with Crippen molar-refractivity contribution in [2.45, 2.75) is 26.2 Å². The van der Waals surface area contributed by atoms with Gasteiger partial charge in [-0.05, 0) is 42.9 Å². The molecule has 0 heterocycles. The molecule has 1 nitrogen and oxygen atoms in total. The van der Waals surface area contributed by atoms with Crippen molar-refractivity contribution in [1.29, 1.82) is 0 Å². The maximum atomic E-state index is 5.68. The van der Waals surface area contributed by atoms with Gasteiger partial charge in [0.2, 0.25) is 0 Å². The number of hydrogen-bond donors (Lipinski definition) is 0. The molecule has 1 radical (unpaired) electrons. The average molecular weight is 175 g/mol. The van der Waals surface area contributed by atoms with Gasteiger partial charge in [-0.2, -0.15) is 0 Å². The summed E-state index contributed by atoms with van der Waals surface area (Å²) in [6.07, 6.45) is 5.68. The van der Waals surface area contributed by atoms with E-state index in [-0.39, 0.29) is 0 Å². The van der Waals surface area contributed by atoms with E-state index in [0.717, 1.165) is 25.2 Å². The summed E-state index contributed by atoms with van der Waals surface area (Å²) >= 11 is 0. The van der Waals surface area contributed by atoms with Gasteiger partial charge in [-0.1, -0.05) is 19.1 Å². The van der Waals surface area contributed by atoms with Gasteiger partial charge in [-0.3, -0.25) is 0 Å². The first-order valence-electron chi connectivity index (χ1n) is 4.99. The third-order valence-electron chi connectivity index (χ3n) is 2.39. The highest BCUT2D eigenvalue weighted by Gasteiger charge is 2.14. The monoisotopic (exact) mass is 175 g/mol. The Morgan fingerprint density at radius 3 is 3.15 bits per heavy atom. The molecule has 1 aliphatic rings. The molecule has 69 valence electrons. The highest BCUT2D eigenvalue weighted by molar-refractivity contribution is 5.47. The van der Waals surface area contributed by atoms with Crippen LogP contribution in [0.15, 0.2) is 18.2 Å². The minimum absolute atomic E-state index is 0.830. The van der Waals surface area contributed by atoms with Crippen LogP contribution in [-0.4, -0.2) is 6.61 Å². The molecule has 0 aromatic heterocycles. The second-order valence-electron chi connectivity index (χ2n) is 3.42. The fourth-order valence-electron chi connectivity index (χ4n) is 1.76. The van der Waals surface area contributed by atoms with Crippen LogP contribution >= 0.6 is 0 Å². The summed E-state index contributed by atoms with van der Waals surface area (Å²) in [7, 11) is 0. The second-order valence-corrected chi connectivity index (χ2v) is 3.42. The molecule has 0 saturated heterocycles. The Hall–Kier alpha value is -0.980. The molecule has 0 bridgehead atoms. The summed E-state index contributed by atoms with van der Waals surface area (Å²) in [5, 5.41) is 0. The molecule has 0 amide bonds. The van der Waals surface area contributed by atoms with Crippen LogP contribution in [0.1, 0.15) is 30.9 Å². The Morgan fingerprint density at radius 2 is 2.31 bits per heavy atom. The number of ether oxygens (including phenoxy) is 1. The van der Waals surface area contributed by atoms with Crippen molar-refractivity contribution in [3.63, 3.8) is 0 Å². The predicted octanol–water partition coefficient (Wildman–Crippen LogP) is 2.97. The Balaban J connectivity index is 2.20. The van der Waals surface area contributed by atoms with Gasteiger partial charge in [-0.15, -0.1) is 0 Å². The zero-order chi connectivity index (χ0) is 9.10. The Bertz CT molecular complexity index is 291. The summed E-state index contributed by atoms with van der Waals surface area (Å²) in [6.45, 7) is 2.96. The molecule has 0 unspecified atom stereocenters. The average Bonchev–Trinajstić information content (AvgIpc) is 2.62. The van der Waals surface area contributed by atoms with Gasteiger partial charge >= 0.3 is 0 Å². The van der Waals surface area contributed by atoms with E-state index in [2.05, 4.69) is 31.5 Å². The van der Waals surface area contributed by atoms with Crippen molar-refractivity contribution < 1.29 is 4.74 Å². The zero-order valence-corrected chi connectivity index (χ0v) is 8.05. The molecule has 0 spiro atoms. The van der Waals surface area contributed by atoms with Gasteiger partial charge in [0, 0.05) is 0 Å². The minimum atomic E-state index is 0.830. The molecule has 1 aliphatic carbocycles. The lowest BCUT2D eigenvalue weighted by atomic mass is 10.1. The fourth-order valence-corrected chi connectivity index (χ4v) is 1.76. The van der Waals surface area contributed by atoms with E-state index in [0.29, 0.717) is 0 Å². The van der Waals surface area contributed by atoms with Crippen LogP contribution in [0.5, 0.6) is 5.75 Å². The number of hydrogen-bond acceptors (Lipinski definition) is 1. The highest BCUT2D eigenvalue weighted by Crippen LogP contribution is 2.31. The van der Waals surface area contributed by atoms with E-state index < -0.39 is 0 Å². The topological polar surface area (TPSA) is 9.23 Å². The van der Waals surface area contributed by atoms with Crippen LogP contribution in [0.2, 0.25) is 0 Å². The Labute approximate surface area is 79.7 Å². The third-order valence-corrected chi connectivity index (χ3v) is 2.39. The van der Waals surface area contributed by atoms with Crippen molar-refractivity contribution in [2.24, 2.45) is 0 Å². The van der Waals surface area contributed by atoms with E-state index >= 15 is 0 Å². The molecular formula is C12H15O. The second kappa shape index (κ2) is 3.82. The first-order chi connectivity index (χ1) is 6.42.